The predicted molar refractivity (Wildman–Crippen MR) is 85.8 cm³/mol. The van der Waals surface area contributed by atoms with Gasteiger partial charge in [-0.2, -0.15) is 0 Å². The molecular weight excluding hydrogens is 264 g/mol. The Balaban J connectivity index is 1.93. The molecule has 1 heterocycles. The highest BCUT2D eigenvalue weighted by atomic mass is 16.5. The summed E-state index contributed by atoms with van der Waals surface area (Å²) in [5.41, 5.74) is 1.000. The number of carbonyl (C=O) groups is 1. The summed E-state index contributed by atoms with van der Waals surface area (Å²) in [4.78, 5) is 15.8. The van der Waals surface area contributed by atoms with Crippen LogP contribution in [-0.4, -0.2) is 43.5 Å². The van der Waals surface area contributed by atoms with Crippen LogP contribution in [0.25, 0.3) is 0 Å². The van der Waals surface area contributed by atoms with Gasteiger partial charge in [0.15, 0.2) is 5.78 Å². The summed E-state index contributed by atoms with van der Waals surface area (Å²) in [5, 5.41) is 0. The SMILES string of the molecule is CCN(CC)CCOc1cccc(N2C=CCC(=O)C2)c1. The molecule has 0 fully saturated rings. The van der Waals surface area contributed by atoms with E-state index in [1.54, 1.807) is 0 Å². The monoisotopic (exact) mass is 288 g/mol. The molecule has 1 aromatic rings. The van der Waals surface area contributed by atoms with Crippen LogP contribution < -0.4 is 9.64 Å². The third-order valence-corrected chi connectivity index (χ3v) is 3.70. The number of hydrogen-bond donors (Lipinski definition) is 0. The van der Waals surface area contributed by atoms with E-state index in [1.807, 2.05) is 41.4 Å². The molecule has 0 saturated heterocycles. The number of hydrogen-bond acceptors (Lipinski definition) is 4. The van der Waals surface area contributed by atoms with E-state index in [0.29, 0.717) is 19.6 Å². The Morgan fingerprint density at radius 2 is 2.10 bits per heavy atom. The van der Waals surface area contributed by atoms with Gasteiger partial charge < -0.3 is 14.5 Å². The van der Waals surface area contributed by atoms with E-state index in [0.717, 1.165) is 31.1 Å². The summed E-state index contributed by atoms with van der Waals surface area (Å²) in [6.45, 7) is 8.45. The number of anilines is 1. The number of Topliss-reactive ketones (excluding diaryl/α,β-unsaturated/α-hetero) is 1. The lowest BCUT2D eigenvalue weighted by Gasteiger charge is -2.23. The zero-order chi connectivity index (χ0) is 15.1. The smallest absolute Gasteiger partial charge is 0.156 e. The average molecular weight is 288 g/mol. The van der Waals surface area contributed by atoms with Crippen molar-refractivity contribution < 1.29 is 9.53 Å². The molecule has 0 radical (unpaired) electrons. The maximum atomic E-state index is 11.5. The van der Waals surface area contributed by atoms with Crippen molar-refractivity contribution in [1.82, 2.24) is 4.90 Å². The molecule has 1 aliphatic rings. The van der Waals surface area contributed by atoms with Crippen molar-refractivity contribution in [3.8, 4) is 5.75 Å². The van der Waals surface area contributed by atoms with Gasteiger partial charge in [0.1, 0.15) is 12.4 Å². The highest BCUT2D eigenvalue weighted by Crippen LogP contribution is 2.23. The van der Waals surface area contributed by atoms with Gasteiger partial charge in [0.2, 0.25) is 0 Å². The number of ketones is 1. The number of benzene rings is 1. The molecule has 114 valence electrons. The quantitative estimate of drug-likeness (QED) is 0.772. The first kappa shape index (κ1) is 15.6. The fourth-order valence-electron chi connectivity index (χ4n) is 2.38. The molecule has 4 nitrogen and oxygen atoms in total. The number of allylic oxidation sites excluding steroid dienone is 1. The van der Waals surface area contributed by atoms with Crippen molar-refractivity contribution >= 4 is 11.5 Å². The molecule has 0 aromatic heterocycles. The van der Waals surface area contributed by atoms with E-state index in [-0.39, 0.29) is 5.78 Å². The zero-order valence-corrected chi connectivity index (χ0v) is 12.9. The van der Waals surface area contributed by atoms with Crippen molar-refractivity contribution in [2.45, 2.75) is 20.3 Å². The van der Waals surface area contributed by atoms with Crippen LogP contribution in [0.1, 0.15) is 20.3 Å². The van der Waals surface area contributed by atoms with Crippen molar-refractivity contribution in [3.05, 3.63) is 36.5 Å². The van der Waals surface area contributed by atoms with Crippen LogP contribution >= 0.6 is 0 Å². The Labute approximate surface area is 127 Å². The van der Waals surface area contributed by atoms with Gasteiger partial charge in [-0.1, -0.05) is 26.0 Å². The summed E-state index contributed by atoms with van der Waals surface area (Å²) in [6.07, 6.45) is 4.41. The number of ether oxygens (including phenoxy) is 1. The number of nitrogens with zero attached hydrogens (tertiary/aromatic N) is 2. The molecule has 0 N–H and O–H groups in total. The second-order valence-electron chi connectivity index (χ2n) is 5.13. The van der Waals surface area contributed by atoms with Crippen molar-refractivity contribution in [2.75, 3.05) is 37.7 Å². The highest BCUT2D eigenvalue weighted by Gasteiger charge is 2.13. The molecule has 1 aliphatic heterocycles. The average Bonchev–Trinajstić information content (AvgIpc) is 2.52. The molecule has 0 unspecified atom stereocenters. The molecule has 0 atom stereocenters. The molecule has 0 saturated carbocycles. The minimum Gasteiger partial charge on any atom is -0.492 e. The van der Waals surface area contributed by atoms with E-state index >= 15 is 0 Å². The molecular formula is C17H24N2O2. The molecule has 2 rings (SSSR count). The number of rotatable bonds is 7. The van der Waals surface area contributed by atoms with Crippen LogP contribution in [0.15, 0.2) is 36.5 Å². The largest absolute Gasteiger partial charge is 0.492 e. The zero-order valence-electron chi connectivity index (χ0n) is 12.9. The van der Waals surface area contributed by atoms with Gasteiger partial charge in [-0.25, -0.2) is 0 Å². The summed E-state index contributed by atoms with van der Waals surface area (Å²) < 4.78 is 5.82. The molecule has 0 amide bonds. The second kappa shape index (κ2) is 7.84. The van der Waals surface area contributed by atoms with E-state index in [9.17, 15) is 4.79 Å². The fourth-order valence-corrected chi connectivity index (χ4v) is 2.38. The Kier molecular flexibility index (Phi) is 5.81. The summed E-state index contributed by atoms with van der Waals surface area (Å²) in [6, 6.07) is 7.92. The normalized spacial score (nSPS) is 14.8. The highest BCUT2D eigenvalue weighted by molar-refractivity contribution is 5.86. The third-order valence-electron chi connectivity index (χ3n) is 3.70. The van der Waals surface area contributed by atoms with Crippen LogP contribution in [0.5, 0.6) is 5.75 Å². The molecule has 1 aromatic carbocycles. The maximum absolute atomic E-state index is 11.5. The lowest BCUT2D eigenvalue weighted by molar-refractivity contribution is -0.117. The number of likely N-dealkylation sites (N-methyl/N-ethyl adjacent to an activating group) is 1. The van der Waals surface area contributed by atoms with Gasteiger partial charge in [0.25, 0.3) is 0 Å². The minimum atomic E-state index is 0.241. The summed E-state index contributed by atoms with van der Waals surface area (Å²) in [5.74, 6) is 1.09. The Bertz CT molecular complexity index is 495. The first-order chi connectivity index (χ1) is 10.2. The molecule has 0 bridgehead atoms. The minimum absolute atomic E-state index is 0.241. The van der Waals surface area contributed by atoms with E-state index in [2.05, 4.69) is 18.7 Å². The summed E-state index contributed by atoms with van der Waals surface area (Å²) >= 11 is 0. The number of carbonyl (C=O) groups excluding carboxylic acids is 1. The topological polar surface area (TPSA) is 32.8 Å². The Hall–Kier alpha value is -1.81. The summed E-state index contributed by atoms with van der Waals surface area (Å²) in [7, 11) is 0. The van der Waals surface area contributed by atoms with E-state index in [4.69, 9.17) is 4.74 Å². The van der Waals surface area contributed by atoms with Crippen molar-refractivity contribution in [2.24, 2.45) is 0 Å². The van der Waals surface area contributed by atoms with Gasteiger partial charge in [0.05, 0.1) is 6.54 Å². The van der Waals surface area contributed by atoms with Gasteiger partial charge in [-0.15, -0.1) is 0 Å². The first-order valence-electron chi connectivity index (χ1n) is 7.63. The van der Waals surface area contributed by atoms with Gasteiger partial charge in [-0.3, -0.25) is 4.79 Å². The molecule has 0 aliphatic carbocycles. The van der Waals surface area contributed by atoms with Gasteiger partial charge in [-0.05, 0) is 25.2 Å². The van der Waals surface area contributed by atoms with Crippen LogP contribution in [-0.2, 0) is 4.79 Å². The predicted octanol–water partition coefficient (Wildman–Crippen LogP) is 2.70. The van der Waals surface area contributed by atoms with Gasteiger partial charge in [0, 0.05) is 30.9 Å². The molecule has 21 heavy (non-hydrogen) atoms. The van der Waals surface area contributed by atoms with Crippen LogP contribution in [0.2, 0.25) is 0 Å². The van der Waals surface area contributed by atoms with E-state index in [1.165, 1.54) is 0 Å². The molecule has 0 spiro atoms. The van der Waals surface area contributed by atoms with Crippen LogP contribution in [0.3, 0.4) is 0 Å². The molecule has 4 heteroatoms. The van der Waals surface area contributed by atoms with E-state index < -0.39 is 0 Å². The third kappa shape index (κ3) is 4.60. The van der Waals surface area contributed by atoms with Gasteiger partial charge >= 0.3 is 0 Å². The van der Waals surface area contributed by atoms with Crippen molar-refractivity contribution in [3.63, 3.8) is 0 Å². The van der Waals surface area contributed by atoms with Crippen LogP contribution in [0, 0.1) is 0 Å². The lowest BCUT2D eigenvalue weighted by Crippen LogP contribution is -2.28. The first-order valence-corrected chi connectivity index (χ1v) is 7.63. The lowest BCUT2D eigenvalue weighted by atomic mass is 10.2. The Morgan fingerprint density at radius 3 is 2.81 bits per heavy atom. The fraction of sp³-hybridized carbons (Fsp3) is 0.471. The van der Waals surface area contributed by atoms with Crippen LogP contribution in [0.4, 0.5) is 5.69 Å². The van der Waals surface area contributed by atoms with Crippen molar-refractivity contribution in [1.29, 1.82) is 0 Å². The maximum Gasteiger partial charge on any atom is 0.156 e. The Morgan fingerprint density at radius 1 is 1.29 bits per heavy atom. The second-order valence-corrected chi connectivity index (χ2v) is 5.13. The standard InChI is InChI=1S/C17H24N2O2/c1-3-18(4-2)11-12-21-17-9-5-7-15(13-17)19-10-6-8-16(20)14-19/h5-7,9-10,13H,3-4,8,11-12,14H2,1-2H3.